The number of rotatable bonds is 9. The van der Waals surface area contributed by atoms with Gasteiger partial charge in [0.2, 0.25) is 5.95 Å². The molecule has 3 aromatic rings. The van der Waals surface area contributed by atoms with Crippen molar-refractivity contribution in [1.82, 2.24) is 34.8 Å². The number of aromatic nitrogens is 6. The summed E-state index contributed by atoms with van der Waals surface area (Å²) in [5, 5.41) is 21.1. The topological polar surface area (TPSA) is 122 Å². The molecule has 0 radical (unpaired) electrons. The molecule has 5 rings (SSSR count). The van der Waals surface area contributed by atoms with Gasteiger partial charge in [0.15, 0.2) is 0 Å². The third-order valence-electron chi connectivity index (χ3n) is 6.90. The smallest absolute Gasteiger partial charge is 0.308 e. The lowest BCUT2D eigenvalue weighted by atomic mass is 9.94. The van der Waals surface area contributed by atoms with Gasteiger partial charge in [-0.05, 0) is 37.0 Å². The van der Waals surface area contributed by atoms with Crippen LogP contribution >= 0.6 is 0 Å². The van der Waals surface area contributed by atoms with Crippen LogP contribution in [-0.2, 0) is 31.4 Å². The number of nitrogens with zero attached hydrogens (tertiary/aromatic N) is 7. The van der Waals surface area contributed by atoms with Gasteiger partial charge in [-0.2, -0.15) is 0 Å². The number of alkyl halides is 2. The second kappa shape index (κ2) is 10.1. The third-order valence-corrected chi connectivity index (χ3v) is 6.90. The first-order valence-electron chi connectivity index (χ1n) is 12.5. The largest absolute Gasteiger partial charge is 0.481 e. The van der Waals surface area contributed by atoms with Crippen LogP contribution in [0.15, 0.2) is 24.4 Å². The molecule has 1 aliphatic carbocycles. The quantitative estimate of drug-likeness (QED) is 0.445. The number of pyridine rings is 1. The molecule has 10 nitrogen and oxygen atoms in total. The fourth-order valence-corrected chi connectivity index (χ4v) is 4.83. The van der Waals surface area contributed by atoms with E-state index in [1.807, 2.05) is 25.1 Å². The number of likely N-dealkylation sites (tertiary alicyclic amines) is 1. The Morgan fingerprint density at radius 1 is 1.24 bits per heavy atom. The average Bonchev–Trinajstić information content (AvgIpc) is 3.65. The molecule has 1 unspecified atom stereocenters. The molecule has 1 aliphatic heterocycles. The van der Waals surface area contributed by atoms with Crippen molar-refractivity contribution < 1.29 is 18.7 Å². The molecule has 12 heteroatoms. The van der Waals surface area contributed by atoms with Crippen molar-refractivity contribution >= 4 is 11.9 Å². The zero-order valence-corrected chi connectivity index (χ0v) is 20.9. The van der Waals surface area contributed by atoms with Crippen molar-refractivity contribution in [3.63, 3.8) is 0 Å². The lowest BCUT2D eigenvalue weighted by Crippen LogP contribution is -2.48. The summed E-state index contributed by atoms with van der Waals surface area (Å²) in [6.07, 6.45) is 4.04. The number of aryl methyl sites for hydroxylation is 2. The summed E-state index contributed by atoms with van der Waals surface area (Å²) in [5.41, 5.74) is 4.65. The molecule has 1 atom stereocenters. The van der Waals surface area contributed by atoms with Crippen LogP contribution in [0.4, 0.5) is 14.7 Å². The van der Waals surface area contributed by atoms with Crippen molar-refractivity contribution in [3.05, 3.63) is 47.0 Å². The molecule has 0 amide bonds. The molecular formula is C25H30F2N8O2. The van der Waals surface area contributed by atoms with E-state index in [-0.39, 0.29) is 13.1 Å². The number of carbonyl (C=O) groups is 1. The number of anilines is 1. The third kappa shape index (κ3) is 5.74. The van der Waals surface area contributed by atoms with Gasteiger partial charge in [-0.25, -0.2) is 23.4 Å². The van der Waals surface area contributed by atoms with Crippen LogP contribution < -0.4 is 5.32 Å². The summed E-state index contributed by atoms with van der Waals surface area (Å²) >= 11 is 0. The second-order valence-corrected chi connectivity index (χ2v) is 9.86. The second-order valence-electron chi connectivity index (χ2n) is 9.86. The monoisotopic (exact) mass is 512 g/mol. The molecule has 0 aromatic carbocycles. The minimum Gasteiger partial charge on any atom is -0.481 e. The molecule has 2 fully saturated rings. The van der Waals surface area contributed by atoms with E-state index in [4.69, 9.17) is 4.98 Å². The van der Waals surface area contributed by atoms with Gasteiger partial charge in [0.05, 0.1) is 30.4 Å². The number of hydrogen-bond donors (Lipinski definition) is 2. The van der Waals surface area contributed by atoms with E-state index in [0.29, 0.717) is 36.2 Å². The summed E-state index contributed by atoms with van der Waals surface area (Å²) in [4.78, 5) is 26.6. The van der Waals surface area contributed by atoms with Gasteiger partial charge in [0.1, 0.15) is 5.69 Å². The SMILES string of the molecule is CCc1nc(-c2nnn(C)c2CNc2nccc(C3CC3)n2)ccc1CN1CC(C(=O)O)CC(F)(F)C1. The Morgan fingerprint density at radius 2 is 2.05 bits per heavy atom. The molecule has 4 heterocycles. The van der Waals surface area contributed by atoms with Crippen LogP contribution in [0.25, 0.3) is 11.4 Å². The normalized spacial score (nSPS) is 19.6. The number of carboxylic acids is 1. The Bertz CT molecular complexity index is 1290. The molecule has 3 aromatic heterocycles. The van der Waals surface area contributed by atoms with E-state index in [0.717, 1.165) is 35.5 Å². The maximum Gasteiger partial charge on any atom is 0.308 e. The van der Waals surface area contributed by atoms with Crippen LogP contribution in [0.1, 0.15) is 54.7 Å². The summed E-state index contributed by atoms with van der Waals surface area (Å²) in [6.45, 7) is 2.17. The maximum atomic E-state index is 14.2. The van der Waals surface area contributed by atoms with Crippen molar-refractivity contribution in [2.75, 3.05) is 18.4 Å². The molecule has 1 saturated heterocycles. The van der Waals surface area contributed by atoms with E-state index in [2.05, 4.69) is 25.6 Å². The van der Waals surface area contributed by atoms with Gasteiger partial charge >= 0.3 is 5.97 Å². The molecule has 37 heavy (non-hydrogen) atoms. The van der Waals surface area contributed by atoms with Crippen LogP contribution in [0, 0.1) is 5.92 Å². The van der Waals surface area contributed by atoms with Gasteiger partial charge < -0.3 is 10.4 Å². The van der Waals surface area contributed by atoms with Crippen molar-refractivity contribution in [1.29, 1.82) is 0 Å². The highest BCUT2D eigenvalue weighted by molar-refractivity contribution is 5.70. The van der Waals surface area contributed by atoms with Gasteiger partial charge in [-0.15, -0.1) is 5.10 Å². The van der Waals surface area contributed by atoms with Gasteiger partial charge in [0.25, 0.3) is 5.92 Å². The van der Waals surface area contributed by atoms with Crippen molar-refractivity contribution in [3.8, 4) is 11.4 Å². The van der Waals surface area contributed by atoms with Crippen LogP contribution in [0.2, 0.25) is 0 Å². The molecule has 1 saturated carbocycles. The van der Waals surface area contributed by atoms with Gasteiger partial charge in [-0.1, -0.05) is 18.2 Å². The molecule has 0 spiro atoms. The van der Waals surface area contributed by atoms with Crippen LogP contribution in [0.5, 0.6) is 0 Å². The van der Waals surface area contributed by atoms with Crippen molar-refractivity contribution in [2.24, 2.45) is 13.0 Å². The summed E-state index contributed by atoms with van der Waals surface area (Å²) in [5.74, 6) is -4.25. The molecule has 196 valence electrons. The highest BCUT2D eigenvalue weighted by Gasteiger charge is 2.43. The predicted octanol–water partition coefficient (Wildman–Crippen LogP) is 3.26. The van der Waals surface area contributed by atoms with E-state index in [9.17, 15) is 18.7 Å². The van der Waals surface area contributed by atoms with Gasteiger partial charge in [-0.3, -0.25) is 14.7 Å². The fraction of sp³-hybridized carbons (Fsp3) is 0.520. The Balaban J connectivity index is 1.33. The number of hydrogen-bond acceptors (Lipinski definition) is 8. The Hall–Kier alpha value is -3.54. The number of nitrogens with one attached hydrogen (secondary N) is 1. The zero-order chi connectivity index (χ0) is 26.2. The number of halogens is 2. The van der Waals surface area contributed by atoms with E-state index < -0.39 is 30.8 Å². The van der Waals surface area contributed by atoms with E-state index in [1.54, 1.807) is 17.9 Å². The Labute approximate surface area is 213 Å². The predicted molar refractivity (Wildman–Crippen MR) is 131 cm³/mol. The lowest BCUT2D eigenvalue weighted by Gasteiger charge is -2.36. The standard InChI is InChI=1S/C25H30F2N8O2/c1-3-18-16(12-35-13-17(23(36)37)10-25(26,27)14-35)6-7-20(30-18)22-21(34(2)33-32-22)11-29-24-28-9-8-19(31-24)15-4-5-15/h6-9,15,17H,3-5,10-14H2,1-2H3,(H,36,37)(H,28,29,31). The number of carboxylic acid groups (broad SMARTS) is 1. The first-order chi connectivity index (χ1) is 17.7. The average molecular weight is 513 g/mol. The highest BCUT2D eigenvalue weighted by Crippen LogP contribution is 2.39. The summed E-state index contributed by atoms with van der Waals surface area (Å²) in [7, 11) is 1.81. The zero-order valence-electron chi connectivity index (χ0n) is 20.9. The minimum absolute atomic E-state index is 0.0832. The van der Waals surface area contributed by atoms with Gasteiger partial charge in [0, 0.05) is 50.1 Å². The van der Waals surface area contributed by atoms with E-state index in [1.165, 1.54) is 4.90 Å². The number of piperidine rings is 1. The van der Waals surface area contributed by atoms with Crippen LogP contribution in [-0.4, -0.2) is 64.9 Å². The van der Waals surface area contributed by atoms with Crippen molar-refractivity contribution in [2.45, 2.75) is 57.5 Å². The number of aliphatic carboxylic acids is 1. The van der Waals surface area contributed by atoms with Crippen LogP contribution in [0.3, 0.4) is 0 Å². The maximum absolute atomic E-state index is 14.2. The van der Waals surface area contributed by atoms with E-state index >= 15 is 0 Å². The fourth-order valence-electron chi connectivity index (χ4n) is 4.83. The molecule has 0 bridgehead atoms. The summed E-state index contributed by atoms with van der Waals surface area (Å²) < 4.78 is 30.1. The minimum atomic E-state index is -3.04. The molecule has 2 N–H and O–H groups in total. The first-order valence-corrected chi connectivity index (χ1v) is 12.5. The first kappa shape index (κ1) is 25.1. The summed E-state index contributed by atoms with van der Waals surface area (Å²) in [6, 6.07) is 5.62. The lowest BCUT2D eigenvalue weighted by molar-refractivity contribution is -0.153. The Morgan fingerprint density at radius 3 is 2.78 bits per heavy atom. The highest BCUT2D eigenvalue weighted by atomic mass is 19.3. The molecule has 2 aliphatic rings. The Kier molecular flexibility index (Phi) is 6.84. The molecular weight excluding hydrogens is 482 g/mol.